The van der Waals surface area contributed by atoms with E-state index in [0.29, 0.717) is 23.1 Å². The fourth-order valence-corrected chi connectivity index (χ4v) is 4.32. The van der Waals surface area contributed by atoms with E-state index in [9.17, 15) is 19.5 Å². The topological polar surface area (TPSA) is 77.9 Å². The van der Waals surface area contributed by atoms with Gasteiger partial charge in [-0.15, -0.1) is 0 Å². The van der Waals surface area contributed by atoms with Crippen molar-refractivity contribution >= 4 is 62.4 Å². The van der Waals surface area contributed by atoms with Crippen molar-refractivity contribution in [1.82, 2.24) is 9.80 Å². The summed E-state index contributed by atoms with van der Waals surface area (Å²) >= 11 is 9.87. The number of phenolic OH excluding ortho intramolecular Hbond substituents is 1. The van der Waals surface area contributed by atoms with Gasteiger partial charge in [-0.25, -0.2) is 0 Å². The van der Waals surface area contributed by atoms with E-state index in [2.05, 4.69) is 15.9 Å². The minimum absolute atomic E-state index is 0.0943. The number of likely N-dealkylation sites (tertiary alicyclic amines) is 1. The molecule has 1 aromatic carbocycles. The molecular formula is C16H14BrClN2O4S. The number of carbonyl (C=O) groups is 3. The van der Waals surface area contributed by atoms with E-state index in [4.69, 9.17) is 11.6 Å². The normalized spacial score (nSPS) is 19.4. The highest BCUT2D eigenvalue weighted by Gasteiger charge is 2.37. The maximum absolute atomic E-state index is 12.5. The van der Waals surface area contributed by atoms with Gasteiger partial charge in [0.25, 0.3) is 11.1 Å². The molecule has 132 valence electrons. The number of halogens is 2. The molecule has 0 bridgehead atoms. The Labute approximate surface area is 161 Å². The zero-order chi connectivity index (χ0) is 18.1. The minimum Gasteiger partial charge on any atom is -0.505 e. The third kappa shape index (κ3) is 3.86. The number of rotatable bonds is 3. The molecule has 9 heteroatoms. The molecule has 2 aliphatic heterocycles. The zero-order valence-electron chi connectivity index (χ0n) is 13.0. The minimum atomic E-state index is -0.497. The molecule has 0 unspecified atom stereocenters. The summed E-state index contributed by atoms with van der Waals surface area (Å²) < 4.78 is 0.384. The molecule has 2 aliphatic rings. The molecule has 0 atom stereocenters. The summed E-state index contributed by atoms with van der Waals surface area (Å²) in [5, 5.41) is 9.32. The van der Waals surface area contributed by atoms with E-state index in [1.807, 2.05) is 0 Å². The summed E-state index contributed by atoms with van der Waals surface area (Å²) in [5.41, 5.74) is 0.561. The largest absolute Gasteiger partial charge is 0.505 e. The van der Waals surface area contributed by atoms with Crippen LogP contribution in [0, 0.1) is 0 Å². The van der Waals surface area contributed by atoms with Gasteiger partial charge in [-0.1, -0.05) is 11.6 Å². The predicted molar refractivity (Wildman–Crippen MR) is 99.3 cm³/mol. The average Bonchev–Trinajstić information content (AvgIpc) is 3.17. The molecule has 3 amide bonds. The van der Waals surface area contributed by atoms with Gasteiger partial charge in [0.05, 0.1) is 14.4 Å². The lowest BCUT2D eigenvalue weighted by Crippen LogP contribution is -2.40. The predicted octanol–water partition coefficient (Wildman–Crippen LogP) is 3.47. The van der Waals surface area contributed by atoms with Crippen LogP contribution >= 0.6 is 39.3 Å². The molecule has 2 fully saturated rings. The van der Waals surface area contributed by atoms with Crippen LogP contribution < -0.4 is 0 Å². The molecule has 2 heterocycles. The Morgan fingerprint density at radius 2 is 2.00 bits per heavy atom. The molecule has 0 aliphatic carbocycles. The van der Waals surface area contributed by atoms with Crippen molar-refractivity contribution in [2.45, 2.75) is 12.8 Å². The summed E-state index contributed by atoms with van der Waals surface area (Å²) in [5.74, 6) is -0.803. The first-order valence-corrected chi connectivity index (χ1v) is 9.56. The van der Waals surface area contributed by atoms with Crippen molar-refractivity contribution in [3.8, 4) is 5.75 Å². The standard InChI is InChI=1S/C16H14BrClN2O4S/c17-10-5-9(6-11(18)14(10)22)7-12-15(23)20(16(24)25-12)8-13(21)19-3-1-2-4-19/h5-7,22H,1-4,8H2. The fraction of sp³-hybridized carbons (Fsp3) is 0.312. The molecule has 1 aromatic rings. The SMILES string of the molecule is O=C(CN1C(=O)SC(=Cc2cc(Cl)c(O)c(Br)c2)C1=O)N1CCCC1. The van der Waals surface area contributed by atoms with Gasteiger partial charge in [0.1, 0.15) is 12.3 Å². The number of imide groups is 1. The second-order valence-corrected chi connectivity index (χ2v) is 7.94. The number of nitrogens with zero attached hydrogens (tertiary/aromatic N) is 2. The van der Waals surface area contributed by atoms with Gasteiger partial charge in [0.2, 0.25) is 5.91 Å². The first-order valence-electron chi connectivity index (χ1n) is 7.58. The molecule has 3 rings (SSSR count). The molecule has 0 radical (unpaired) electrons. The molecule has 25 heavy (non-hydrogen) atoms. The number of hydrogen-bond donors (Lipinski definition) is 1. The number of benzene rings is 1. The average molecular weight is 446 g/mol. The van der Waals surface area contributed by atoms with E-state index >= 15 is 0 Å². The van der Waals surface area contributed by atoms with Gasteiger partial charge in [-0.05, 0) is 64.3 Å². The van der Waals surface area contributed by atoms with Gasteiger partial charge in [0, 0.05) is 13.1 Å². The quantitative estimate of drug-likeness (QED) is 0.721. The summed E-state index contributed by atoms with van der Waals surface area (Å²) in [6.07, 6.45) is 3.41. The molecule has 6 nitrogen and oxygen atoms in total. The summed E-state index contributed by atoms with van der Waals surface area (Å²) in [6, 6.07) is 3.08. The molecule has 0 aromatic heterocycles. The molecule has 1 N–H and O–H groups in total. The smallest absolute Gasteiger partial charge is 0.294 e. The Hall–Kier alpha value is -1.51. The summed E-state index contributed by atoms with van der Waals surface area (Å²) in [6.45, 7) is 1.11. The lowest BCUT2D eigenvalue weighted by Gasteiger charge is -2.18. The molecule has 2 saturated heterocycles. The van der Waals surface area contributed by atoms with Gasteiger partial charge >= 0.3 is 0 Å². The molecule has 0 saturated carbocycles. The van der Waals surface area contributed by atoms with Crippen LogP contribution in [0.2, 0.25) is 5.02 Å². The van der Waals surface area contributed by atoms with E-state index < -0.39 is 11.1 Å². The second kappa shape index (κ2) is 7.39. The third-order valence-corrected chi connectivity index (χ3v) is 5.76. The Bertz CT molecular complexity index is 769. The van der Waals surface area contributed by atoms with Crippen LogP contribution in [-0.2, 0) is 9.59 Å². The van der Waals surface area contributed by atoms with Crippen molar-refractivity contribution in [2.75, 3.05) is 19.6 Å². The maximum Gasteiger partial charge on any atom is 0.294 e. The van der Waals surface area contributed by atoms with Crippen LogP contribution in [0.5, 0.6) is 5.75 Å². The van der Waals surface area contributed by atoms with Crippen molar-refractivity contribution in [1.29, 1.82) is 0 Å². The van der Waals surface area contributed by atoms with Crippen LogP contribution in [-0.4, -0.2) is 51.6 Å². The molecular weight excluding hydrogens is 432 g/mol. The maximum atomic E-state index is 12.5. The van der Waals surface area contributed by atoms with Gasteiger partial charge in [-0.2, -0.15) is 0 Å². The highest BCUT2D eigenvalue weighted by molar-refractivity contribution is 9.10. The number of thioether (sulfide) groups is 1. The number of amides is 3. The summed E-state index contributed by atoms with van der Waals surface area (Å²) in [7, 11) is 0. The Kier molecular flexibility index (Phi) is 5.41. The van der Waals surface area contributed by atoms with E-state index in [1.54, 1.807) is 11.0 Å². The zero-order valence-corrected chi connectivity index (χ0v) is 16.2. The number of phenols is 1. The van der Waals surface area contributed by atoms with Crippen molar-refractivity contribution in [2.24, 2.45) is 0 Å². The van der Waals surface area contributed by atoms with Crippen LogP contribution in [0.4, 0.5) is 4.79 Å². The second-order valence-electron chi connectivity index (χ2n) is 5.69. The van der Waals surface area contributed by atoms with Crippen LogP contribution in [0.1, 0.15) is 18.4 Å². The first-order chi connectivity index (χ1) is 11.9. The van der Waals surface area contributed by atoms with Crippen LogP contribution in [0.25, 0.3) is 6.08 Å². The van der Waals surface area contributed by atoms with Gasteiger partial charge < -0.3 is 10.0 Å². The highest BCUT2D eigenvalue weighted by atomic mass is 79.9. The van der Waals surface area contributed by atoms with E-state index in [1.165, 1.54) is 12.1 Å². The fourth-order valence-electron chi connectivity index (χ4n) is 2.66. The third-order valence-electron chi connectivity index (χ3n) is 3.96. The Morgan fingerprint density at radius 3 is 2.64 bits per heavy atom. The monoisotopic (exact) mass is 444 g/mol. The van der Waals surface area contributed by atoms with Gasteiger partial charge in [0.15, 0.2) is 0 Å². The lowest BCUT2D eigenvalue weighted by molar-refractivity contribution is -0.135. The number of aromatic hydroxyl groups is 1. The summed E-state index contributed by atoms with van der Waals surface area (Å²) in [4.78, 5) is 39.6. The van der Waals surface area contributed by atoms with Crippen LogP contribution in [0.3, 0.4) is 0 Å². The first kappa shape index (κ1) is 18.3. The van der Waals surface area contributed by atoms with Crippen molar-refractivity contribution in [3.63, 3.8) is 0 Å². The Morgan fingerprint density at radius 1 is 1.32 bits per heavy atom. The Balaban J connectivity index is 1.77. The highest BCUT2D eigenvalue weighted by Crippen LogP contribution is 2.36. The van der Waals surface area contributed by atoms with Crippen molar-refractivity contribution in [3.05, 3.63) is 32.1 Å². The van der Waals surface area contributed by atoms with E-state index in [-0.39, 0.29) is 28.1 Å². The van der Waals surface area contributed by atoms with Gasteiger partial charge in [-0.3, -0.25) is 19.3 Å². The van der Waals surface area contributed by atoms with E-state index in [0.717, 1.165) is 29.5 Å². The van der Waals surface area contributed by atoms with Crippen molar-refractivity contribution < 1.29 is 19.5 Å². The lowest BCUT2D eigenvalue weighted by atomic mass is 10.2. The number of carbonyl (C=O) groups excluding carboxylic acids is 3. The molecule has 0 spiro atoms. The van der Waals surface area contributed by atoms with Crippen LogP contribution in [0.15, 0.2) is 21.5 Å². The number of hydrogen-bond acceptors (Lipinski definition) is 5.